The maximum Gasteiger partial charge on any atom is 0.310 e. The smallest absolute Gasteiger partial charge is 0.310 e. The van der Waals surface area contributed by atoms with Gasteiger partial charge in [0.25, 0.3) is 0 Å². The van der Waals surface area contributed by atoms with Gasteiger partial charge in [-0.1, -0.05) is 37.3 Å². The highest BCUT2D eigenvalue weighted by molar-refractivity contribution is 5.72. The van der Waals surface area contributed by atoms with Crippen molar-refractivity contribution < 1.29 is 14.3 Å². The highest BCUT2D eigenvalue weighted by Gasteiger charge is 2.16. The van der Waals surface area contributed by atoms with Gasteiger partial charge in [0.05, 0.1) is 12.5 Å². The number of nitrogens with zero attached hydrogens (tertiary/aromatic N) is 1. The van der Waals surface area contributed by atoms with Gasteiger partial charge in [-0.25, -0.2) is 0 Å². The zero-order valence-corrected chi connectivity index (χ0v) is 12.0. The second-order valence-electron chi connectivity index (χ2n) is 4.75. The van der Waals surface area contributed by atoms with E-state index >= 15 is 0 Å². The van der Waals surface area contributed by atoms with Crippen LogP contribution in [0.25, 0.3) is 0 Å². The van der Waals surface area contributed by atoms with E-state index in [1.807, 2.05) is 44.3 Å². The van der Waals surface area contributed by atoms with Gasteiger partial charge in [-0.15, -0.1) is 0 Å². The number of benzene rings is 1. The average Bonchev–Trinajstić information content (AvgIpc) is 2.43. The Labute approximate surface area is 115 Å². The molecule has 0 aliphatic heterocycles. The van der Waals surface area contributed by atoms with Gasteiger partial charge >= 0.3 is 5.97 Å². The summed E-state index contributed by atoms with van der Waals surface area (Å²) in [6.07, 6.45) is 0. The molecule has 0 aromatic heterocycles. The number of carbonyl (C=O) groups is 1. The minimum absolute atomic E-state index is 0.134. The molecule has 0 aliphatic rings. The number of hydrogen-bond donors (Lipinski definition) is 0. The third-order valence-electron chi connectivity index (χ3n) is 2.89. The van der Waals surface area contributed by atoms with Gasteiger partial charge in [-0.2, -0.15) is 0 Å². The highest BCUT2D eigenvalue weighted by atomic mass is 16.5. The fraction of sp³-hybridized carbons (Fsp3) is 0.533. The first-order chi connectivity index (χ1) is 9.13. The number of methoxy groups -OCH3 is 1. The third-order valence-corrected chi connectivity index (χ3v) is 2.89. The third kappa shape index (κ3) is 6.36. The van der Waals surface area contributed by atoms with Crippen molar-refractivity contribution in [1.82, 2.24) is 4.90 Å². The van der Waals surface area contributed by atoms with E-state index < -0.39 is 0 Å². The average molecular weight is 265 g/mol. The van der Waals surface area contributed by atoms with Crippen LogP contribution in [0, 0.1) is 5.92 Å². The van der Waals surface area contributed by atoms with Crippen molar-refractivity contribution in [2.75, 3.05) is 33.9 Å². The Bertz CT molecular complexity index is 367. The fourth-order valence-electron chi connectivity index (χ4n) is 1.75. The van der Waals surface area contributed by atoms with E-state index in [0.717, 1.165) is 12.1 Å². The quantitative estimate of drug-likeness (QED) is 0.673. The van der Waals surface area contributed by atoms with Crippen molar-refractivity contribution in [3.05, 3.63) is 35.9 Å². The van der Waals surface area contributed by atoms with E-state index in [9.17, 15) is 4.79 Å². The normalized spacial score (nSPS) is 12.4. The molecule has 4 heteroatoms. The Kier molecular flexibility index (Phi) is 7.15. The van der Waals surface area contributed by atoms with Crippen LogP contribution in [0.15, 0.2) is 30.3 Å². The van der Waals surface area contributed by atoms with E-state index in [0.29, 0.717) is 19.8 Å². The van der Waals surface area contributed by atoms with Gasteiger partial charge in [-0.3, -0.25) is 4.79 Å². The minimum atomic E-state index is -0.159. The van der Waals surface area contributed by atoms with Crippen molar-refractivity contribution in [2.24, 2.45) is 5.92 Å². The first-order valence-corrected chi connectivity index (χ1v) is 6.51. The van der Waals surface area contributed by atoms with Crippen LogP contribution in [0.2, 0.25) is 0 Å². The van der Waals surface area contributed by atoms with Gasteiger partial charge in [0, 0.05) is 20.2 Å². The molecule has 1 rings (SSSR count). The Morgan fingerprint density at radius 2 is 2.00 bits per heavy atom. The number of likely N-dealkylation sites (N-methyl/N-ethyl adjacent to an activating group) is 1. The molecule has 4 nitrogen and oxygen atoms in total. The molecule has 1 aromatic carbocycles. The first-order valence-electron chi connectivity index (χ1n) is 6.51. The van der Waals surface area contributed by atoms with Crippen LogP contribution in [-0.4, -0.2) is 44.7 Å². The van der Waals surface area contributed by atoms with Crippen molar-refractivity contribution in [2.45, 2.75) is 13.5 Å². The second kappa shape index (κ2) is 8.67. The summed E-state index contributed by atoms with van der Waals surface area (Å²) in [5, 5.41) is 0. The fourth-order valence-corrected chi connectivity index (χ4v) is 1.75. The van der Waals surface area contributed by atoms with E-state index in [2.05, 4.69) is 4.90 Å². The van der Waals surface area contributed by atoms with Crippen LogP contribution in [-0.2, 0) is 20.9 Å². The summed E-state index contributed by atoms with van der Waals surface area (Å²) in [7, 11) is 3.64. The van der Waals surface area contributed by atoms with Gasteiger partial charge in [-0.05, 0) is 12.6 Å². The van der Waals surface area contributed by atoms with Crippen LogP contribution in [0.5, 0.6) is 0 Å². The van der Waals surface area contributed by atoms with Gasteiger partial charge in [0.1, 0.15) is 6.61 Å². The van der Waals surface area contributed by atoms with E-state index in [1.165, 1.54) is 0 Å². The predicted molar refractivity (Wildman–Crippen MR) is 74.8 cm³/mol. The maximum absolute atomic E-state index is 11.8. The zero-order chi connectivity index (χ0) is 14.1. The summed E-state index contributed by atoms with van der Waals surface area (Å²) in [5.41, 5.74) is 1.01. The van der Waals surface area contributed by atoms with Crippen LogP contribution >= 0.6 is 0 Å². The number of carbonyl (C=O) groups excluding carboxylic acids is 1. The van der Waals surface area contributed by atoms with Crippen molar-refractivity contribution >= 4 is 5.97 Å². The van der Waals surface area contributed by atoms with Crippen LogP contribution in [0.4, 0.5) is 0 Å². The molecular weight excluding hydrogens is 242 g/mol. The van der Waals surface area contributed by atoms with E-state index in [-0.39, 0.29) is 11.9 Å². The molecule has 1 aromatic rings. The molecular formula is C15H23NO3. The minimum Gasteiger partial charge on any atom is -0.461 e. The molecule has 0 amide bonds. The number of esters is 1. The van der Waals surface area contributed by atoms with Crippen molar-refractivity contribution in [3.63, 3.8) is 0 Å². The van der Waals surface area contributed by atoms with Gasteiger partial charge in [0.2, 0.25) is 0 Å². The molecule has 106 valence electrons. The second-order valence-corrected chi connectivity index (χ2v) is 4.75. The van der Waals surface area contributed by atoms with Crippen LogP contribution in [0.1, 0.15) is 12.5 Å². The summed E-state index contributed by atoms with van der Waals surface area (Å²) >= 11 is 0. The van der Waals surface area contributed by atoms with E-state index in [4.69, 9.17) is 9.47 Å². The molecule has 0 saturated carbocycles. The molecule has 0 N–H and O–H groups in total. The lowest BCUT2D eigenvalue weighted by Gasteiger charge is -2.20. The van der Waals surface area contributed by atoms with Gasteiger partial charge in [0.15, 0.2) is 0 Å². The number of rotatable bonds is 8. The van der Waals surface area contributed by atoms with Crippen molar-refractivity contribution in [3.8, 4) is 0 Å². The molecule has 1 atom stereocenters. The number of hydrogen-bond acceptors (Lipinski definition) is 4. The molecule has 0 aliphatic carbocycles. The Hall–Kier alpha value is -1.39. The van der Waals surface area contributed by atoms with Crippen LogP contribution in [0.3, 0.4) is 0 Å². The topological polar surface area (TPSA) is 38.8 Å². The lowest BCUT2D eigenvalue weighted by atomic mass is 10.1. The summed E-state index contributed by atoms with van der Waals surface area (Å²) in [5.74, 6) is -0.293. The molecule has 0 fully saturated rings. The molecule has 0 spiro atoms. The standard InChI is InChI=1S/C15H23NO3/c1-13(11-16(2)9-10-18-3)15(17)19-12-14-7-5-4-6-8-14/h4-8,13H,9-12H2,1-3H3. The molecule has 0 radical (unpaired) electrons. The molecule has 0 saturated heterocycles. The highest BCUT2D eigenvalue weighted by Crippen LogP contribution is 2.06. The Morgan fingerprint density at radius 3 is 2.63 bits per heavy atom. The van der Waals surface area contributed by atoms with E-state index in [1.54, 1.807) is 7.11 Å². The Balaban J connectivity index is 2.28. The maximum atomic E-state index is 11.8. The summed E-state index contributed by atoms with van der Waals surface area (Å²) in [6, 6.07) is 9.71. The molecule has 0 heterocycles. The lowest BCUT2D eigenvalue weighted by Crippen LogP contribution is -2.31. The number of ether oxygens (including phenoxy) is 2. The zero-order valence-electron chi connectivity index (χ0n) is 12.0. The summed E-state index contributed by atoms with van der Waals surface area (Å²) < 4.78 is 10.3. The molecule has 19 heavy (non-hydrogen) atoms. The lowest BCUT2D eigenvalue weighted by molar-refractivity contribution is -0.149. The van der Waals surface area contributed by atoms with Gasteiger partial charge < -0.3 is 14.4 Å². The first kappa shape index (κ1) is 15.7. The summed E-state index contributed by atoms with van der Waals surface area (Å²) in [6.45, 7) is 4.38. The monoisotopic (exact) mass is 265 g/mol. The SMILES string of the molecule is COCCN(C)CC(C)C(=O)OCc1ccccc1. The molecule has 1 unspecified atom stereocenters. The summed E-state index contributed by atoms with van der Waals surface area (Å²) in [4.78, 5) is 13.9. The largest absolute Gasteiger partial charge is 0.461 e. The molecule has 0 bridgehead atoms. The van der Waals surface area contributed by atoms with Crippen LogP contribution < -0.4 is 0 Å². The Morgan fingerprint density at radius 1 is 1.32 bits per heavy atom. The predicted octanol–water partition coefficient (Wildman–Crippen LogP) is 1.94. The van der Waals surface area contributed by atoms with Crippen molar-refractivity contribution in [1.29, 1.82) is 0 Å².